The second-order valence-corrected chi connectivity index (χ2v) is 7.07. The molecule has 1 aliphatic heterocycles. The van der Waals surface area contributed by atoms with Crippen LogP contribution in [0.5, 0.6) is 0 Å². The highest BCUT2D eigenvalue weighted by molar-refractivity contribution is 5.78. The predicted molar refractivity (Wildman–Crippen MR) is 86.1 cm³/mol. The molecule has 1 saturated carbocycles. The smallest absolute Gasteiger partial charge is 0.317 e. The van der Waals surface area contributed by atoms with Gasteiger partial charge in [0.25, 0.3) is 0 Å². The Balaban J connectivity index is 1.79. The monoisotopic (exact) mass is 327 g/mol. The largest absolute Gasteiger partial charge is 0.480 e. The SMILES string of the molecule is C[C@@H]1CCCC[C@@H]1NC(=O)CN1C[C@@H](O)[C@@H](N(C)CC(=O)O)C1. The molecule has 1 amide bonds. The first-order valence-electron chi connectivity index (χ1n) is 8.48. The van der Waals surface area contributed by atoms with E-state index in [1.54, 1.807) is 11.9 Å². The number of likely N-dealkylation sites (N-methyl/N-ethyl adjacent to an activating group) is 1. The van der Waals surface area contributed by atoms with Crippen LogP contribution in [0.25, 0.3) is 0 Å². The Morgan fingerprint density at radius 2 is 1.96 bits per heavy atom. The van der Waals surface area contributed by atoms with E-state index in [4.69, 9.17) is 5.11 Å². The molecule has 0 spiro atoms. The number of likely N-dealkylation sites (tertiary alicyclic amines) is 1. The molecule has 0 bridgehead atoms. The normalized spacial score (nSPS) is 32.2. The molecule has 1 heterocycles. The van der Waals surface area contributed by atoms with E-state index in [2.05, 4.69) is 12.2 Å². The number of carboxylic acids is 1. The van der Waals surface area contributed by atoms with Crippen molar-refractivity contribution in [1.82, 2.24) is 15.1 Å². The maximum atomic E-state index is 12.2. The van der Waals surface area contributed by atoms with E-state index in [9.17, 15) is 14.7 Å². The molecule has 7 nitrogen and oxygen atoms in total. The molecule has 0 unspecified atom stereocenters. The van der Waals surface area contributed by atoms with Gasteiger partial charge in [0.15, 0.2) is 0 Å². The second-order valence-electron chi connectivity index (χ2n) is 7.07. The van der Waals surface area contributed by atoms with Crippen molar-refractivity contribution in [2.24, 2.45) is 5.92 Å². The topological polar surface area (TPSA) is 93.1 Å². The number of aliphatic carboxylic acids is 1. The van der Waals surface area contributed by atoms with Crippen LogP contribution in [0.1, 0.15) is 32.6 Å². The lowest BCUT2D eigenvalue weighted by atomic mass is 9.86. The molecule has 132 valence electrons. The second kappa shape index (κ2) is 8.08. The summed E-state index contributed by atoms with van der Waals surface area (Å²) in [7, 11) is 1.69. The molecular formula is C16H29N3O4. The average Bonchev–Trinajstić information content (AvgIpc) is 2.81. The van der Waals surface area contributed by atoms with Crippen LogP contribution >= 0.6 is 0 Å². The van der Waals surface area contributed by atoms with Crippen molar-refractivity contribution in [3.8, 4) is 0 Å². The summed E-state index contributed by atoms with van der Waals surface area (Å²) in [5, 5.41) is 22.1. The van der Waals surface area contributed by atoms with Gasteiger partial charge in [0.2, 0.25) is 5.91 Å². The molecule has 0 aromatic carbocycles. The van der Waals surface area contributed by atoms with Gasteiger partial charge in [-0.15, -0.1) is 0 Å². The van der Waals surface area contributed by atoms with E-state index in [0.29, 0.717) is 19.0 Å². The number of aliphatic hydroxyl groups excluding tert-OH is 1. The van der Waals surface area contributed by atoms with Crippen molar-refractivity contribution in [3.05, 3.63) is 0 Å². The fraction of sp³-hybridized carbons (Fsp3) is 0.875. The Kier molecular flexibility index (Phi) is 6.38. The van der Waals surface area contributed by atoms with Gasteiger partial charge in [-0.3, -0.25) is 19.4 Å². The Morgan fingerprint density at radius 1 is 1.26 bits per heavy atom. The highest BCUT2D eigenvalue weighted by atomic mass is 16.4. The van der Waals surface area contributed by atoms with Gasteiger partial charge in [-0.1, -0.05) is 19.8 Å². The summed E-state index contributed by atoms with van der Waals surface area (Å²) >= 11 is 0. The summed E-state index contributed by atoms with van der Waals surface area (Å²) in [6.45, 7) is 3.25. The minimum absolute atomic E-state index is 0.00233. The minimum atomic E-state index is -0.915. The maximum Gasteiger partial charge on any atom is 0.317 e. The first kappa shape index (κ1) is 18.2. The lowest BCUT2D eigenvalue weighted by Gasteiger charge is -2.30. The molecule has 4 atom stereocenters. The number of β-amino-alcohol motifs (C(OH)–C–C–N with tert-alkyl or cyclic N) is 1. The van der Waals surface area contributed by atoms with Crippen molar-refractivity contribution < 1.29 is 19.8 Å². The zero-order valence-electron chi connectivity index (χ0n) is 14.1. The summed E-state index contributed by atoms with van der Waals surface area (Å²) < 4.78 is 0. The Bertz CT molecular complexity index is 432. The molecule has 7 heteroatoms. The van der Waals surface area contributed by atoms with Crippen LogP contribution in [0.4, 0.5) is 0 Å². The average molecular weight is 327 g/mol. The van der Waals surface area contributed by atoms with Crippen LogP contribution in [0.2, 0.25) is 0 Å². The van der Waals surface area contributed by atoms with E-state index in [0.717, 1.165) is 12.8 Å². The first-order valence-corrected chi connectivity index (χ1v) is 8.48. The van der Waals surface area contributed by atoms with Gasteiger partial charge in [-0.25, -0.2) is 0 Å². The van der Waals surface area contributed by atoms with Crippen molar-refractivity contribution in [2.75, 3.05) is 33.2 Å². The molecule has 0 radical (unpaired) electrons. The lowest BCUT2D eigenvalue weighted by Crippen LogP contribution is -2.46. The van der Waals surface area contributed by atoms with E-state index in [1.807, 2.05) is 4.90 Å². The maximum absolute atomic E-state index is 12.2. The molecule has 23 heavy (non-hydrogen) atoms. The minimum Gasteiger partial charge on any atom is -0.480 e. The van der Waals surface area contributed by atoms with Crippen LogP contribution in [0.15, 0.2) is 0 Å². The van der Waals surface area contributed by atoms with Crippen molar-refractivity contribution in [2.45, 2.75) is 50.8 Å². The number of hydrogen-bond acceptors (Lipinski definition) is 5. The van der Waals surface area contributed by atoms with E-state index >= 15 is 0 Å². The first-order chi connectivity index (χ1) is 10.9. The van der Waals surface area contributed by atoms with Gasteiger partial charge in [0, 0.05) is 25.2 Å². The van der Waals surface area contributed by atoms with Gasteiger partial charge in [0.05, 0.1) is 19.2 Å². The molecule has 2 fully saturated rings. The number of rotatable bonds is 6. The van der Waals surface area contributed by atoms with Crippen LogP contribution in [0, 0.1) is 5.92 Å². The number of hydrogen-bond donors (Lipinski definition) is 3. The number of carbonyl (C=O) groups excluding carboxylic acids is 1. The standard InChI is InChI=1S/C16H29N3O4/c1-11-5-3-4-6-12(11)17-15(21)9-19-7-13(14(20)8-19)18(2)10-16(22)23/h11-14,20H,3-10H2,1-2H3,(H,17,21)(H,22,23)/t11-,12+,13+,14-/m1/s1. The summed E-state index contributed by atoms with van der Waals surface area (Å²) in [6.07, 6.45) is 3.98. The van der Waals surface area contributed by atoms with Gasteiger partial charge in [-0.05, 0) is 25.8 Å². The highest BCUT2D eigenvalue weighted by Crippen LogP contribution is 2.23. The molecular weight excluding hydrogens is 298 g/mol. The van der Waals surface area contributed by atoms with Crippen LogP contribution in [-0.4, -0.2) is 83.3 Å². The zero-order valence-corrected chi connectivity index (χ0v) is 14.1. The third-order valence-corrected chi connectivity index (χ3v) is 5.11. The summed E-state index contributed by atoms with van der Waals surface area (Å²) in [4.78, 5) is 26.5. The van der Waals surface area contributed by atoms with Gasteiger partial charge in [-0.2, -0.15) is 0 Å². The summed E-state index contributed by atoms with van der Waals surface area (Å²) in [5.41, 5.74) is 0. The van der Waals surface area contributed by atoms with Crippen LogP contribution in [0.3, 0.4) is 0 Å². The van der Waals surface area contributed by atoms with Crippen molar-refractivity contribution in [3.63, 3.8) is 0 Å². The van der Waals surface area contributed by atoms with Crippen LogP contribution < -0.4 is 5.32 Å². The number of amides is 1. The van der Waals surface area contributed by atoms with E-state index in [1.165, 1.54) is 12.8 Å². The quantitative estimate of drug-likeness (QED) is 0.623. The number of carboxylic acid groups (broad SMARTS) is 1. The van der Waals surface area contributed by atoms with Crippen molar-refractivity contribution in [1.29, 1.82) is 0 Å². The third-order valence-electron chi connectivity index (χ3n) is 5.11. The molecule has 0 aromatic heterocycles. The molecule has 2 rings (SSSR count). The van der Waals surface area contributed by atoms with E-state index in [-0.39, 0.29) is 31.1 Å². The number of carbonyl (C=O) groups is 2. The number of aliphatic hydroxyl groups is 1. The fourth-order valence-electron chi connectivity index (χ4n) is 3.73. The molecule has 3 N–H and O–H groups in total. The van der Waals surface area contributed by atoms with Crippen LogP contribution in [-0.2, 0) is 9.59 Å². The molecule has 1 saturated heterocycles. The molecule has 1 aliphatic carbocycles. The van der Waals surface area contributed by atoms with Gasteiger partial charge in [0.1, 0.15) is 0 Å². The van der Waals surface area contributed by atoms with E-state index < -0.39 is 12.1 Å². The highest BCUT2D eigenvalue weighted by Gasteiger charge is 2.35. The number of nitrogens with one attached hydrogen (secondary N) is 1. The Hall–Kier alpha value is -1.18. The summed E-state index contributed by atoms with van der Waals surface area (Å²) in [5.74, 6) is -0.397. The Labute approximate surface area is 137 Å². The molecule has 0 aromatic rings. The third kappa shape index (κ3) is 5.16. The fourth-order valence-corrected chi connectivity index (χ4v) is 3.73. The van der Waals surface area contributed by atoms with Gasteiger partial charge < -0.3 is 15.5 Å². The summed E-state index contributed by atoms with van der Waals surface area (Å²) in [6, 6.07) is 0.0155. The van der Waals surface area contributed by atoms with Gasteiger partial charge >= 0.3 is 5.97 Å². The number of nitrogens with zero attached hydrogens (tertiary/aromatic N) is 2. The molecule has 2 aliphatic rings. The zero-order chi connectivity index (χ0) is 17.0. The van der Waals surface area contributed by atoms with Crippen molar-refractivity contribution >= 4 is 11.9 Å². The lowest BCUT2D eigenvalue weighted by molar-refractivity contribution is -0.138. The Morgan fingerprint density at radius 3 is 2.61 bits per heavy atom. The predicted octanol–water partition coefficient (Wildman–Crippen LogP) is -0.257.